The fraction of sp³-hybridized carbons (Fsp3) is 0.351. The number of nitrogens with zero attached hydrogens (tertiary/aromatic N) is 3. The quantitative estimate of drug-likeness (QED) is 0.146. The molecule has 2 aromatic carbocycles. The Morgan fingerprint density at radius 1 is 1.05 bits per heavy atom. The summed E-state index contributed by atoms with van der Waals surface area (Å²) >= 11 is 1.47. The van der Waals surface area contributed by atoms with Gasteiger partial charge >= 0.3 is 5.97 Å². The lowest BCUT2D eigenvalue weighted by molar-refractivity contribution is -0.143. The number of aryl methyl sites for hydroxylation is 1. The van der Waals surface area contributed by atoms with Gasteiger partial charge < -0.3 is 9.84 Å². The Bertz CT molecular complexity index is 1580. The first-order valence-electron chi connectivity index (χ1n) is 15.5. The molecule has 7 heteroatoms. The maximum absolute atomic E-state index is 12.6. The fourth-order valence-corrected chi connectivity index (χ4v) is 6.87. The van der Waals surface area contributed by atoms with Crippen molar-refractivity contribution in [1.29, 1.82) is 0 Å². The third-order valence-corrected chi connectivity index (χ3v) is 9.21. The number of carbonyl (C=O) groups is 1. The second-order valence-electron chi connectivity index (χ2n) is 11.7. The second kappa shape index (κ2) is 14.6. The minimum Gasteiger partial charge on any atom is -0.488 e. The molecule has 0 radical (unpaired) electrons. The number of aliphatic carboxylic acids is 1. The molecule has 0 aliphatic carbocycles. The monoisotopic (exact) mass is 607 g/mol. The van der Waals surface area contributed by atoms with Crippen LogP contribution in [0.15, 0.2) is 89.4 Å². The Labute approximate surface area is 264 Å². The van der Waals surface area contributed by atoms with E-state index in [2.05, 4.69) is 61.1 Å². The molecule has 2 aromatic heterocycles. The van der Waals surface area contributed by atoms with E-state index in [4.69, 9.17) is 9.72 Å². The van der Waals surface area contributed by atoms with Crippen LogP contribution in [0.3, 0.4) is 0 Å². The SMILES string of the molecule is CCCC(CCC)c1ccc(COc2ccc(C)cc2-c2csc(CC(C(=O)O)C3(Cc4ccccn4)C=CC=N3)n2)cc1. The molecule has 44 heavy (non-hydrogen) atoms. The summed E-state index contributed by atoms with van der Waals surface area (Å²) in [6.45, 7) is 7.01. The first-order valence-corrected chi connectivity index (χ1v) is 16.4. The van der Waals surface area contributed by atoms with E-state index in [1.807, 2.05) is 47.9 Å². The molecule has 0 saturated carbocycles. The number of allylic oxidation sites excluding steroid dienone is 1. The van der Waals surface area contributed by atoms with Crippen LogP contribution in [0.1, 0.15) is 72.8 Å². The van der Waals surface area contributed by atoms with Crippen LogP contribution in [0, 0.1) is 12.8 Å². The van der Waals surface area contributed by atoms with Crippen LogP contribution >= 0.6 is 11.3 Å². The van der Waals surface area contributed by atoms with E-state index < -0.39 is 17.4 Å². The first kappa shape index (κ1) is 31.3. The number of rotatable bonds is 15. The van der Waals surface area contributed by atoms with E-state index in [1.54, 1.807) is 12.4 Å². The minimum atomic E-state index is -0.910. The van der Waals surface area contributed by atoms with Gasteiger partial charge in [0.1, 0.15) is 12.4 Å². The lowest BCUT2D eigenvalue weighted by atomic mass is 9.79. The minimum absolute atomic E-state index is 0.264. The number of hydrogen-bond donors (Lipinski definition) is 1. The van der Waals surface area contributed by atoms with Gasteiger partial charge in [0.2, 0.25) is 0 Å². The standard InChI is InChI=1S/C37H41N3O3S/c1-4-9-28(10-5-2)29-15-13-27(14-16-29)24-43-34-17-12-26(3)21-31(34)33-25-44-35(40-33)22-32(36(41)42)37(18-8-20-39-37)23-30-11-6-7-19-38-30/h6-8,11-21,25,28,32H,4-5,9-10,22-24H2,1-3H3,(H,41,42). The first-order chi connectivity index (χ1) is 21.4. The summed E-state index contributed by atoms with van der Waals surface area (Å²) in [5, 5.41) is 13.1. The third kappa shape index (κ3) is 7.51. The maximum Gasteiger partial charge on any atom is 0.309 e. The number of hydrogen-bond acceptors (Lipinski definition) is 6. The Balaban J connectivity index is 1.32. The average molecular weight is 608 g/mol. The molecule has 228 valence electrons. The summed E-state index contributed by atoms with van der Waals surface area (Å²) in [4.78, 5) is 26.6. The van der Waals surface area contributed by atoms with Crippen LogP contribution in [-0.2, 0) is 24.2 Å². The second-order valence-corrected chi connectivity index (χ2v) is 12.6. The molecule has 2 atom stereocenters. The van der Waals surface area contributed by atoms with Gasteiger partial charge in [-0.15, -0.1) is 11.3 Å². The van der Waals surface area contributed by atoms with Gasteiger partial charge in [-0.25, -0.2) is 4.98 Å². The molecule has 0 bridgehead atoms. The molecule has 2 unspecified atom stereocenters. The summed E-state index contributed by atoms with van der Waals surface area (Å²) < 4.78 is 6.36. The summed E-state index contributed by atoms with van der Waals surface area (Å²) in [7, 11) is 0. The molecule has 5 rings (SSSR count). The number of thiazole rings is 1. The highest BCUT2D eigenvalue weighted by Gasteiger charge is 2.43. The van der Waals surface area contributed by atoms with E-state index in [9.17, 15) is 9.90 Å². The van der Waals surface area contributed by atoms with Crippen LogP contribution in [0.2, 0.25) is 0 Å². The lowest BCUT2D eigenvalue weighted by Crippen LogP contribution is -2.41. The van der Waals surface area contributed by atoms with Crippen molar-refractivity contribution in [3.63, 3.8) is 0 Å². The third-order valence-electron chi connectivity index (χ3n) is 8.34. The van der Waals surface area contributed by atoms with E-state index in [-0.39, 0.29) is 6.42 Å². The zero-order valence-corrected chi connectivity index (χ0v) is 26.6. The number of benzene rings is 2. The molecule has 1 aliphatic heterocycles. The van der Waals surface area contributed by atoms with Gasteiger partial charge in [-0.2, -0.15) is 0 Å². The van der Waals surface area contributed by atoms with Gasteiger partial charge in [-0.1, -0.05) is 74.7 Å². The van der Waals surface area contributed by atoms with Gasteiger partial charge in [-0.05, 0) is 67.2 Å². The average Bonchev–Trinajstić information content (AvgIpc) is 3.70. The molecular formula is C37H41N3O3S. The zero-order valence-electron chi connectivity index (χ0n) is 25.8. The number of aromatic nitrogens is 2. The molecule has 0 amide bonds. The molecule has 6 nitrogen and oxygen atoms in total. The number of pyridine rings is 1. The van der Waals surface area contributed by atoms with Crippen molar-refractivity contribution in [3.05, 3.63) is 112 Å². The van der Waals surface area contributed by atoms with Crippen molar-refractivity contribution in [1.82, 2.24) is 9.97 Å². The molecular weight excluding hydrogens is 566 g/mol. The molecule has 1 N–H and O–H groups in total. The van der Waals surface area contributed by atoms with Gasteiger partial charge in [0, 0.05) is 41.9 Å². The van der Waals surface area contributed by atoms with Crippen molar-refractivity contribution in [2.24, 2.45) is 10.9 Å². The van der Waals surface area contributed by atoms with Crippen molar-refractivity contribution < 1.29 is 14.6 Å². The van der Waals surface area contributed by atoms with Gasteiger partial charge in [-0.3, -0.25) is 14.8 Å². The van der Waals surface area contributed by atoms with Gasteiger partial charge in [0.05, 0.1) is 22.2 Å². The normalized spacial score (nSPS) is 16.5. The summed E-state index contributed by atoms with van der Waals surface area (Å²) in [5.41, 5.74) is 5.22. The zero-order chi connectivity index (χ0) is 30.9. The Hall–Kier alpha value is -4.10. The molecule has 3 heterocycles. The number of carboxylic acid groups (broad SMARTS) is 1. The predicted molar refractivity (Wildman–Crippen MR) is 179 cm³/mol. The molecule has 4 aromatic rings. The van der Waals surface area contributed by atoms with Gasteiger partial charge in [0.25, 0.3) is 0 Å². The maximum atomic E-state index is 12.6. The summed E-state index contributed by atoms with van der Waals surface area (Å²) in [6.07, 6.45) is 12.6. The Morgan fingerprint density at radius 2 is 1.84 bits per heavy atom. The smallest absolute Gasteiger partial charge is 0.309 e. The lowest BCUT2D eigenvalue weighted by Gasteiger charge is -2.30. The molecule has 0 spiro atoms. The number of ether oxygens (including phenoxy) is 1. The summed E-state index contributed by atoms with van der Waals surface area (Å²) in [6, 6.07) is 20.6. The van der Waals surface area contributed by atoms with Crippen molar-refractivity contribution in [3.8, 4) is 17.0 Å². The number of aliphatic imine (C=N–C) groups is 1. The summed E-state index contributed by atoms with van der Waals surface area (Å²) in [5.74, 6) is -0.313. The van der Waals surface area contributed by atoms with Crippen LogP contribution in [0.4, 0.5) is 0 Å². The largest absolute Gasteiger partial charge is 0.488 e. The van der Waals surface area contributed by atoms with Crippen molar-refractivity contribution in [2.75, 3.05) is 0 Å². The van der Waals surface area contributed by atoms with Crippen molar-refractivity contribution >= 4 is 23.5 Å². The van der Waals surface area contributed by atoms with E-state index in [1.165, 1.54) is 42.6 Å². The van der Waals surface area contributed by atoms with Crippen LogP contribution in [0.5, 0.6) is 5.75 Å². The topological polar surface area (TPSA) is 84.7 Å². The molecule has 0 fully saturated rings. The Morgan fingerprint density at radius 3 is 2.50 bits per heavy atom. The highest BCUT2D eigenvalue weighted by atomic mass is 32.1. The highest BCUT2D eigenvalue weighted by Crippen LogP contribution is 2.37. The molecule has 0 saturated heterocycles. The van der Waals surface area contributed by atoms with Gasteiger partial charge in [0.15, 0.2) is 0 Å². The van der Waals surface area contributed by atoms with Crippen LogP contribution in [0.25, 0.3) is 11.3 Å². The van der Waals surface area contributed by atoms with E-state index >= 15 is 0 Å². The van der Waals surface area contributed by atoms with Crippen LogP contribution in [-0.4, -0.2) is 32.8 Å². The van der Waals surface area contributed by atoms with E-state index in [0.29, 0.717) is 18.9 Å². The highest BCUT2D eigenvalue weighted by molar-refractivity contribution is 7.10. The van der Waals surface area contributed by atoms with Crippen molar-refractivity contribution in [2.45, 2.75) is 77.4 Å². The van der Waals surface area contributed by atoms with Crippen LogP contribution < -0.4 is 4.74 Å². The predicted octanol–water partition coefficient (Wildman–Crippen LogP) is 8.64. The molecule has 1 aliphatic rings. The fourth-order valence-electron chi connectivity index (χ4n) is 6.03. The number of carboxylic acids is 1. The van der Waals surface area contributed by atoms with E-state index in [0.717, 1.165) is 38.8 Å². The Kier molecular flexibility index (Phi) is 10.4.